The number of nitrogens with zero attached hydrogens (tertiary/aromatic N) is 2. The van der Waals surface area contributed by atoms with Crippen molar-refractivity contribution in [2.75, 3.05) is 33.6 Å². The number of nitrogens with one attached hydrogen (secondary N) is 1. The molecule has 0 saturated carbocycles. The minimum absolute atomic E-state index is 0.124. The van der Waals surface area contributed by atoms with Crippen molar-refractivity contribution in [2.45, 2.75) is 17.2 Å². The second kappa shape index (κ2) is 9.18. The molecule has 3 N–H and O–H groups in total. The van der Waals surface area contributed by atoms with Gasteiger partial charge in [-0.15, -0.1) is 11.8 Å². The number of hydrogen-bond donors (Lipinski definition) is 3. The van der Waals surface area contributed by atoms with Gasteiger partial charge in [-0.1, -0.05) is 30.3 Å². The number of β-lactam (4-membered cyclic amide) rings is 1. The number of thioether (sulfide) groups is 1. The van der Waals surface area contributed by atoms with E-state index in [0.717, 1.165) is 16.7 Å². The van der Waals surface area contributed by atoms with Gasteiger partial charge < -0.3 is 29.9 Å². The van der Waals surface area contributed by atoms with Crippen LogP contribution in [-0.2, 0) is 23.9 Å². The smallest absolute Gasteiger partial charge is 0.409 e. The van der Waals surface area contributed by atoms with Crippen LogP contribution in [0.1, 0.15) is 11.7 Å². The zero-order valence-electron chi connectivity index (χ0n) is 17.6. The Bertz CT molecular complexity index is 967. The van der Waals surface area contributed by atoms with Gasteiger partial charge in [0.15, 0.2) is 6.10 Å². The highest BCUT2D eigenvalue weighted by molar-refractivity contribution is 8.00. The number of hydrogen-bond acceptors (Lipinski definition) is 8. The van der Waals surface area contributed by atoms with E-state index in [1.165, 1.54) is 26.1 Å². The van der Waals surface area contributed by atoms with Crippen molar-refractivity contribution in [2.24, 2.45) is 0 Å². The van der Waals surface area contributed by atoms with Crippen molar-refractivity contribution in [1.29, 1.82) is 0 Å². The molecule has 0 spiro atoms. The van der Waals surface area contributed by atoms with Gasteiger partial charge in [-0.3, -0.25) is 14.5 Å². The lowest BCUT2D eigenvalue weighted by Crippen LogP contribution is -2.81. The molecule has 2 aliphatic rings. The lowest BCUT2D eigenvalue weighted by Gasteiger charge is -2.55. The molecule has 0 aromatic heterocycles. The topological polar surface area (TPSA) is 146 Å². The largest absolute Gasteiger partial charge is 0.477 e. The van der Waals surface area contributed by atoms with Gasteiger partial charge in [-0.25, -0.2) is 9.59 Å². The van der Waals surface area contributed by atoms with Gasteiger partial charge in [0, 0.05) is 32.5 Å². The second-order valence-corrected chi connectivity index (χ2v) is 8.36. The molecule has 0 aliphatic carbocycles. The molecule has 11 nitrogen and oxygen atoms in total. The highest BCUT2D eigenvalue weighted by Crippen LogP contribution is 2.46. The first-order chi connectivity index (χ1) is 15.1. The molecule has 1 saturated heterocycles. The van der Waals surface area contributed by atoms with Crippen LogP contribution in [0.15, 0.2) is 41.6 Å². The van der Waals surface area contributed by atoms with E-state index in [9.17, 15) is 29.4 Å². The minimum Gasteiger partial charge on any atom is -0.477 e. The molecule has 2 aliphatic heterocycles. The summed E-state index contributed by atoms with van der Waals surface area (Å²) in [6, 6.07) is 8.14. The minimum atomic E-state index is -1.84. The van der Waals surface area contributed by atoms with Crippen LogP contribution in [-0.4, -0.2) is 88.6 Å². The predicted molar refractivity (Wildman–Crippen MR) is 112 cm³/mol. The van der Waals surface area contributed by atoms with Crippen molar-refractivity contribution in [3.05, 3.63) is 47.2 Å². The maximum Gasteiger partial charge on any atom is 0.409 e. The summed E-state index contributed by atoms with van der Waals surface area (Å²) in [5.74, 6) is -2.92. The monoisotopic (exact) mass is 465 g/mol. The first kappa shape index (κ1) is 23.6. The first-order valence-corrected chi connectivity index (χ1v) is 10.5. The Balaban J connectivity index is 1.82. The van der Waals surface area contributed by atoms with E-state index in [1.54, 1.807) is 30.3 Å². The zero-order chi connectivity index (χ0) is 23.6. The third kappa shape index (κ3) is 4.04. The lowest BCUT2D eigenvalue weighted by molar-refractivity contribution is -0.194. The number of carbonyl (C=O) groups is 4. The summed E-state index contributed by atoms with van der Waals surface area (Å²) in [6.45, 7) is -0.304. The number of benzene rings is 1. The molecular formula is C20H23N3O8S. The number of amides is 3. The zero-order valence-corrected chi connectivity index (χ0v) is 18.4. The summed E-state index contributed by atoms with van der Waals surface area (Å²) in [6.07, 6.45) is -2.20. The van der Waals surface area contributed by atoms with Gasteiger partial charge in [0.2, 0.25) is 0 Å². The Morgan fingerprint density at radius 1 is 1.31 bits per heavy atom. The molecule has 172 valence electrons. The van der Waals surface area contributed by atoms with E-state index < -0.39 is 41.1 Å². The Morgan fingerprint density at radius 3 is 2.53 bits per heavy atom. The Labute approximate surface area is 187 Å². The summed E-state index contributed by atoms with van der Waals surface area (Å²) >= 11 is 1.14. The van der Waals surface area contributed by atoms with Crippen LogP contribution in [0, 0.1) is 0 Å². The normalized spacial score (nSPS) is 23.1. The summed E-state index contributed by atoms with van der Waals surface area (Å²) in [4.78, 5) is 51.5. The molecular weight excluding hydrogens is 442 g/mol. The SMILES string of the molecule is COC1(NC(=O)C(O)c2ccccc2)C(=O)N2C(C(=O)O)=C(COC(=O)N(C)C)CS[C@H]21. The van der Waals surface area contributed by atoms with Gasteiger partial charge in [0.25, 0.3) is 17.5 Å². The summed E-state index contributed by atoms with van der Waals surface area (Å²) < 4.78 is 10.4. The first-order valence-electron chi connectivity index (χ1n) is 9.49. The number of carboxylic acids is 1. The van der Waals surface area contributed by atoms with Crippen LogP contribution in [0.3, 0.4) is 0 Å². The fourth-order valence-electron chi connectivity index (χ4n) is 3.37. The Kier molecular flexibility index (Phi) is 6.77. The quantitative estimate of drug-likeness (QED) is 0.378. The van der Waals surface area contributed by atoms with Crippen LogP contribution in [0.5, 0.6) is 0 Å². The number of aliphatic carboxylic acids is 1. The van der Waals surface area contributed by atoms with Crippen molar-refractivity contribution in [1.82, 2.24) is 15.1 Å². The van der Waals surface area contributed by atoms with E-state index in [1.807, 2.05) is 0 Å². The van der Waals surface area contributed by atoms with Gasteiger partial charge in [0.05, 0.1) is 0 Å². The standard InChI is InChI=1S/C20H23N3O8S/c1-22(2)19(29)31-9-12-10-32-18-20(30-3,17(28)23(18)13(12)16(26)27)21-15(25)14(24)11-7-5-4-6-8-11/h4-8,14,18,24H,9-10H2,1-3H3,(H,21,25)(H,26,27)/t14?,18-,20?/m0/s1. The number of aliphatic hydroxyl groups excluding tert-OH is 1. The number of carbonyl (C=O) groups excluding carboxylic acids is 3. The van der Waals surface area contributed by atoms with E-state index in [0.29, 0.717) is 5.56 Å². The molecule has 1 aromatic rings. The number of carboxylic acid groups (broad SMARTS) is 1. The molecule has 3 atom stereocenters. The highest BCUT2D eigenvalue weighted by Gasteiger charge is 2.67. The van der Waals surface area contributed by atoms with Gasteiger partial charge in [-0.05, 0) is 5.56 Å². The Morgan fingerprint density at radius 2 is 1.97 bits per heavy atom. The molecule has 0 radical (unpaired) electrons. The summed E-state index contributed by atoms with van der Waals surface area (Å²) in [7, 11) is 4.18. The van der Waals surface area contributed by atoms with E-state index in [2.05, 4.69) is 5.32 Å². The Hall–Kier alpha value is -3.09. The van der Waals surface area contributed by atoms with Crippen molar-refractivity contribution in [3.63, 3.8) is 0 Å². The maximum absolute atomic E-state index is 13.0. The predicted octanol–water partition coefficient (Wildman–Crippen LogP) is 0.131. The van der Waals surface area contributed by atoms with Gasteiger partial charge in [-0.2, -0.15) is 0 Å². The second-order valence-electron chi connectivity index (χ2n) is 7.29. The molecule has 2 heterocycles. The number of rotatable bonds is 7. The van der Waals surface area contributed by atoms with Gasteiger partial charge in [0.1, 0.15) is 17.7 Å². The van der Waals surface area contributed by atoms with Crippen LogP contribution in [0.2, 0.25) is 0 Å². The molecule has 2 unspecified atom stereocenters. The molecule has 32 heavy (non-hydrogen) atoms. The molecule has 3 amide bonds. The molecule has 1 aromatic carbocycles. The fraction of sp³-hybridized carbons (Fsp3) is 0.400. The van der Waals surface area contributed by atoms with Crippen LogP contribution in [0.4, 0.5) is 4.79 Å². The third-order valence-corrected chi connectivity index (χ3v) is 6.42. The molecule has 3 rings (SSSR count). The van der Waals surface area contributed by atoms with Crippen molar-refractivity contribution < 1.29 is 38.9 Å². The van der Waals surface area contributed by atoms with E-state index in [4.69, 9.17) is 9.47 Å². The molecule has 0 bridgehead atoms. The van der Waals surface area contributed by atoms with Crippen LogP contribution in [0.25, 0.3) is 0 Å². The van der Waals surface area contributed by atoms with Crippen molar-refractivity contribution in [3.8, 4) is 0 Å². The molecule has 1 fully saturated rings. The average Bonchev–Trinajstić information content (AvgIpc) is 2.79. The number of fused-ring (bicyclic) bond motifs is 1. The molecule has 12 heteroatoms. The maximum atomic E-state index is 13.0. The fourth-order valence-corrected chi connectivity index (χ4v) is 4.79. The van der Waals surface area contributed by atoms with Gasteiger partial charge >= 0.3 is 12.1 Å². The van der Waals surface area contributed by atoms with Crippen molar-refractivity contribution >= 4 is 35.6 Å². The van der Waals surface area contributed by atoms with Crippen LogP contribution >= 0.6 is 11.8 Å². The summed E-state index contributed by atoms with van der Waals surface area (Å²) in [5, 5.41) is 21.6. The third-order valence-electron chi connectivity index (χ3n) is 5.04. The number of methoxy groups -OCH3 is 1. The van der Waals surface area contributed by atoms with E-state index >= 15 is 0 Å². The van der Waals surface area contributed by atoms with E-state index in [-0.39, 0.29) is 23.6 Å². The number of aliphatic hydroxyl groups is 1. The lowest BCUT2D eigenvalue weighted by atomic mass is 9.97. The van der Waals surface area contributed by atoms with Crippen LogP contribution < -0.4 is 5.32 Å². The highest BCUT2D eigenvalue weighted by atomic mass is 32.2. The summed E-state index contributed by atoms with van der Waals surface area (Å²) in [5.41, 5.74) is -1.60. The number of ether oxygens (including phenoxy) is 2. The average molecular weight is 465 g/mol.